The monoisotopic (exact) mass is 181 g/mol. The standard InChI is InChI=1S/C8H11N3O2/c1-3-13-8(12)6-4-5(2)10-11-7(6)9/h4H,3H2,1-2H3,(H2,9,11). The van der Waals surface area contributed by atoms with Crippen molar-refractivity contribution < 1.29 is 9.53 Å². The third-order valence-corrected chi connectivity index (χ3v) is 1.44. The quantitative estimate of drug-likeness (QED) is 0.674. The van der Waals surface area contributed by atoms with Crippen LogP contribution in [-0.4, -0.2) is 22.8 Å². The first-order chi connectivity index (χ1) is 6.15. The molecule has 0 aromatic carbocycles. The van der Waals surface area contributed by atoms with Crippen LogP contribution in [-0.2, 0) is 4.74 Å². The summed E-state index contributed by atoms with van der Waals surface area (Å²) in [6, 6.07) is 1.56. The maximum atomic E-state index is 11.2. The number of esters is 1. The van der Waals surface area contributed by atoms with Crippen molar-refractivity contribution in [1.82, 2.24) is 10.2 Å². The number of nitrogen functional groups attached to an aromatic ring is 1. The zero-order chi connectivity index (χ0) is 9.84. The van der Waals surface area contributed by atoms with Gasteiger partial charge in [-0.1, -0.05) is 0 Å². The Morgan fingerprint density at radius 1 is 1.62 bits per heavy atom. The van der Waals surface area contributed by atoms with Crippen LogP contribution in [0.5, 0.6) is 0 Å². The van der Waals surface area contributed by atoms with Gasteiger partial charge in [-0.2, -0.15) is 5.10 Å². The molecule has 0 unspecified atom stereocenters. The lowest BCUT2D eigenvalue weighted by atomic mass is 10.2. The minimum absolute atomic E-state index is 0.101. The van der Waals surface area contributed by atoms with E-state index < -0.39 is 5.97 Å². The number of ether oxygens (including phenoxy) is 1. The molecule has 1 rings (SSSR count). The highest BCUT2D eigenvalue weighted by molar-refractivity contribution is 5.93. The molecule has 70 valence electrons. The number of nitrogens with two attached hydrogens (primary N) is 1. The fraction of sp³-hybridized carbons (Fsp3) is 0.375. The van der Waals surface area contributed by atoms with Gasteiger partial charge in [-0.25, -0.2) is 4.79 Å². The van der Waals surface area contributed by atoms with Gasteiger partial charge < -0.3 is 10.5 Å². The van der Waals surface area contributed by atoms with Crippen LogP contribution < -0.4 is 5.73 Å². The Morgan fingerprint density at radius 2 is 2.31 bits per heavy atom. The molecule has 0 spiro atoms. The first kappa shape index (κ1) is 9.44. The molecule has 0 bridgehead atoms. The molecule has 0 radical (unpaired) electrons. The van der Waals surface area contributed by atoms with Gasteiger partial charge >= 0.3 is 5.97 Å². The highest BCUT2D eigenvalue weighted by atomic mass is 16.5. The van der Waals surface area contributed by atoms with Crippen molar-refractivity contribution in [1.29, 1.82) is 0 Å². The lowest BCUT2D eigenvalue weighted by Crippen LogP contribution is -2.10. The van der Waals surface area contributed by atoms with E-state index in [0.717, 1.165) is 0 Å². The van der Waals surface area contributed by atoms with Crippen molar-refractivity contribution in [3.63, 3.8) is 0 Å². The fourth-order valence-electron chi connectivity index (χ4n) is 0.871. The molecule has 13 heavy (non-hydrogen) atoms. The molecule has 0 saturated heterocycles. The molecule has 0 aliphatic rings. The molecular weight excluding hydrogens is 170 g/mol. The lowest BCUT2D eigenvalue weighted by Gasteiger charge is -2.03. The van der Waals surface area contributed by atoms with Crippen LogP contribution in [0.25, 0.3) is 0 Å². The third-order valence-electron chi connectivity index (χ3n) is 1.44. The van der Waals surface area contributed by atoms with Gasteiger partial charge in [0.25, 0.3) is 0 Å². The van der Waals surface area contributed by atoms with Crippen molar-refractivity contribution >= 4 is 11.8 Å². The second kappa shape index (κ2) is 3.84. The summed E-state index contributed by atoms with van der Waals surface area (Å²) in [7, 11) is 0. The molecule has 1 aromatic rings. The Kier molecular flexibility index (Phi) is 2.79. The first-order valence-electron chi connectivity index (χ1n) is 3.92. The number of carbonyl (C=O) groups is 1. The molecule has 0 aliphatic carbocycles. The summed E-state index contributed by atoms with van der Waals surface area (Å²) in [5.74, 6) is -0.359. The average Bonchev–Trinajstić information content (AvgIpc) is 2.09. The zero-order valence-electron chi connectivity index (χ0n) is 7.57. The summed E-state index contributed by atoms with van der Waals surface area (Å²) in [6.45, 7) is 3.78. The number of hydrogen-bond acceptors (Lipinski definition) is 5. The predicted octanol–water partition coefficient (Wildman–Crippen LogP) is 0.544. The highest BCUT2D eigenvalue weighted by Gasteiger charge is 2.12. The third kappa shape index (κ3) is 2.14. The van der Waals surface area contributed by atoms with Crippen LogP contribution in [0.3, 0.4) is 0 Å². The number of carbonyl (C=O) groups excluding carboxylic acids is 1. The maximum absolute atomic E-state index is 11.2. The highest BCUT2D eigenvalue weighted by Crippen LogP contribution is 2.09. The maximum Gasteiger partial charge on any atom is 0.342 e. The molecule has 0 aliphatic heterocycles. The Morgan fingerprint density at radius 3 is 2.92 bits per heavy atom. The minimum atomic E-state index is -0.460. The molecule has 0 fully saturated rings. The van der Waals surface area contributed by atoms with Crippen LogP contribution in [0.4, 0.5) is 5.82 Å². The van der Waals surface area contributed by atoms with E-state index in [4.69, 9.17) is 10.5 Å². The van der Waals surface area contributed by atoms with E-state index in [9.17, 15) is 4.79 Å². The summed E-state index contributed by atoms with van der Waals surface area (Å²) >= 11 is 0. The van der Waals surface area contributed by atoms with E-state index in [1.165, 1.54) is 0 Å². The van der Waals surface area contributed by atoms with Crippen LogP contribution in [0.1, 0.15) is 23.0 Å². The smallest absolute Gasteiger partial charge is 0.342 e. The number of rotatable bonds is 2. The Hall–Kier alpha value is -1.65. The van der Waals surface area contributed by atoms with E-state index >= 15 is 0 Å². The fourth-order valence-corrected chi connectivity index (χ4v) is 0.871. The molecule has 0 amide bonds. The van der Waals surface area contributed by atoms with Gasteiger partial charge in [0.2, 0.25) is 0 Å². The van der Waals surface area contributed by atoms with Gasteiger partial charge in [-0.15, -0.1) is 5.10 Å². The molecule has 5 nitrogen and oxygen atoms in total. The van der Waals surface area contributed by atoms with Crippen LogP contribution in [0.15, 0.2) is 6.07 Å². The summed E-state index contributed by atoms with van der Waals surface area (Å²) in [5, 5.41) is 7.31. The molecule has 2 N–H and O–H groups in total. The summed E-state index contributed by atoms with van der Waals surface area (Å²) in [4.78, 5) is 11.2. The minimum Gasteiger partial charge on any atom is -0.462 e. The van der Waals surface area contributed by atoms with Crippen LogP contribution in [0.2, 0.25) is 0 Å². The Balaban J connectivity index is 2.99. The molecule has 5 heteroatoms. The molecule has 0 saturated carbocycles. The number of aromatic nitrogens is 2. The summed E-state index contributed by atoms with van der Waals surface area (Å²) in [5.41, 5.74) is 6.36. The molecular formula is C8H11N3O2. The molecule has 1 aromatic heterocycles. The van der Waals surface area contributed by atoms with Crippen LogP contribution >= 0.6 is 0 Å². The summed E-state index contributed by atoms with van der Waals surface area (Å²) < 4.78 is 4.78. The number of aryl methyl sites for hydroxylation is 1. The van der Waals surface area contributed by atoms with Gasteiger partial charge in [0.05, 0.1) is 12.3 Å². The zero-order valence-corrected chi connectivity index (χ0v) is 7.57. The van der Waals surface area contributed by atoms with Gasteiger partial charge in [0.15, 0.2) is 5.82 Å². The second-order valence-electron chi connectivity index (χ2n) is 2.51. The van der Waals surface area contributed by atoms with Crippen LogP contribution in [0, 0.1) is 6.92 Å². The van der Waals surface area contributed by atoms with E-state index in [2.05, 4.69) is 10.2 Å². The molecule has 0 atom stereocenters. The van der Waals surface area contributed by atoms with Crippen molar-refractivity contribution in [2.75, 3.05) is 12.3 Å². The van der Waals surface area contributed by atoms with Gasteiger partial charge in [-0.3, -0.25) is 0 Å². The van der Waals surface area contributed by atoms with Crippen molar-refractivity contribution in [3.8, 4) is 0 Å². The van der Waals surface area contributed by atoms with Gasteiger partial charge in [-0.05, 0) is 19.9 Å². The van der Waals surface area contributed by atoms with Crippen molar-refractivity contribution in [2.45, 2.75) is 13.8 Å². The van der Waals surface area contributed by atoms with Gasteiger partial charge in [0, 0.05) is 0 Å². The lowest BCUT2D eigenvalue weighted by molar-refractivity contribution is 0.0527. The van der Waals surface area contributed by atoms with Crippen molar-refractivity contribution in [2.24, 2.45) is 0 Å². The normalized spacial score (nSPS) is 9.69. The van der Waals surface area contributed by atoms with E-state index in [0.29, 0.717) is 12.3 Å². The number of hydrogen-bond donors (Lipinski definition) is 1. The van der Waals surface area contributed by atoms with E-state index in [1.807, 2.05) is 0 Å². The largest absolute Gasteiger partial charge is 0.462 e. The predicted molar refractivity (Wildman–Crippen MR) is 47.1 cm³/mol. The summed E-state index contributed by atoms with van der Waals surface area (Å²) in [6.07, 6.45) is 0. The Labute approximate surface area is 75.9 Å². The molecule has 1 heterocycles. The van der Waals surface area contributed by atoms with Crippen molar-refractivity contribution in [3.05, 3.63) is 17.3 Å². The van der Waals surface area contributed by atoms with Gasteiger partial charge in [0.1, 0.15) is 5.56 Å². The SMILES string of the molecule is CCOC(=O)c1cc(C)nnc1N. The van der Waals surface area contributed by atoms with E-state index in [-0.39, 0.29) is 11.4 Å². The average molecular weight is 181 g/mol. The first-order valence-corrected chi connectivity index (χ1v) is 3.92. The second-order valence-corrected chi connectivity index (χ2v) is 2.51. The Bertz CT molecular complexity index is 325. The number of anilines is 1. The van der Waals surface area contributed by atoms with E-state index in [1.54, 1.807) is 19.9 Å². The topological polar surface area (TPSA) is 78.1 Å². The number of nitrogens with zero attached hydrogens (tertiary/aromatic N) is 2.